The van der Waals surface area contributed by atoms with Crippen molar-refractivity contribution in [2.75, 3.05) is 0 Å². The van der Waals surface area contributed by atoms with Gasteiger partial charge in [0.1, 0.15) is 0 Å². The Bertz CT molecular complexity index is 5670. The summed E-state index contributed by atoms with van der Waals surface area (Å²) in [6, 6.07) is 66.6. The minimum atomic E-state index is 1.00. The fraction of sp³-hybridized carbons (Fsp3) is 0.198. The van der Waals surface area contributed by atoms with Crippen LogP contribution in [0.3, 0.4) is 0 Å². The molecule has 0 fully saturated rings. The predicted molar refractivity (Wildman–Crippen MR) is 407 cm³/mol. The molecule has 21 rings (SSSR count). The van der Waals surface area contributed by atoms with Crippen LogP contribution >= 0.6 is 0 Å². The van der Waals surface area contributed by atoms with Crippen molar-refractivity contribution in [2.45, 2.75) is 67.7 Å². The molecule has 18 aromatic rings. The first kappa shape index (κ1) is 62.7. The Morgan fingerprint density at radius 3 is 1.66 bits per heavy atom. The lowest BCUT2D eigenvalue weighted by atomic mass is 10.1. The van der Waals surface area contributed by atoms with Crippen LogP contribution in [0.5, 0.6) is 0 Å². The fourth-order valence-corrected chi connectivity index (χ4v) is 15.1. The third-order valence-corrected chi connectivity index (χ3v) is 21.3. The van der Waals surface area contributed by atoms with Gasteiger partial charge in [-0.25, -0.2) is 4.98 Å². The van der Waals surface area contributed by atoms with E-state index >= 15 is 0 Å². The van der Waals surface area contributed by atoms with E-state index in [1.807, 2.05) is 25.2 Å². The number of fused-ring (bicyclic) bond motifs is 21. The van der Waals surface area contributed by atoms with Gasteiger partial charge in [-0.1, -0.05) is 103 Å². The maximum absolute atomic E-state index is 4.56. The molecule has 0 bridgehead atoms. The standard InChI is InChI=1S/3C13H13N.3C12H12N2.C11H11N3/c1-9-12-7-10-5-3-4-6-11(10)13(12)8-14(9)2;1-9-7-11-8-10-5-3-4-6-12(10)13(11)14(9)2;1-9-7-12-11-6-4-3-5-10(11)8-13(12)14(9)2;1-9-7-10-11-5-3-4-6-14(11)8-12(10)13(9)2;1-9-7-10-8-14-6-4-3-5-11(14)12(10)13(9)2;1-9-7-12-11(13(9)2)8-10-5-3-4-6-14(10)12;1-8-7-14-10-6-4-3-5-9(10)12-11(14)13(8)2/h3-6,8H,7H2,1-2H3;2*3-7H,8H2,1-2H3;3*3-8H,1-2H3;3-7H,1-2H3. The zero-order valence-corrected chi connectivity index (χ0v) is 58.9. The van der Waals surface area contributed by atoms with Crippen LogP contribution in [0.15, 0.2) is 231 Å². The van der Waals surface area contributed by atoms with Gasteiger partial charge in [0.25, 0.3) is 0 Å². The van der Waals surface area contributed by atoms with E-state index in [0.717, 1.165) is 30.6 Å². The molecule has 0 spiro atoms. The zero-order valence-electron chi connectivity index (χ0n) is 58.9. The van der Waals surface area contributed by atoms with Crippen LogP contribution in [0.1, 0.15) is 73.4 Å². The van der Waals surface area contributed by atoms with Gasteiger partial charge in [-0.05, 0) is 172 Å². The molecule has 4 aromatic carbocycles. The van der Waals surface area contributed by atoms with Crippen molar-refractivity contribution in [3.8, 4) is 33.5 Å². The maximum Gasteiger partial charge on any atom is 0.214 e. The Kier molecular flexibility index (Phi) is 16.0. The molecule has 14 aromatic heterocycles. The predicted octanol–water partition coefficient (Wildman–Crippen LogP) is 19.1. The van der Waals surface area contributed by atoms with Gasteiger partial charge in [0, 0.05) is 191 Å². The Labute approximate surface area is 573 Å². The summed E-state index contributed by atoms with van der Waals surface area (Å²) in [5, 5.41) is 2.65. The Hall–Kier alpha value is -11.4. The van der Waals surface area contributed by atoms with Crippen LogP contribution in [0.2, 0.25) is 0 Å². The first-order valence-corrected chi connectivity index (χ1v) is 34.0. The number of hydrogen-bond acceptors (Lipinski definition) is 1. The largest absolute Gasteiger partial charge is 0.354 e. The molecular weight excluding hydrogens is 1200 g/mol. The monoisotopic (exact) mass is 1290 g/mol. The summed E-state index contributed by atoms with van der Waals surface area (Å²) in [7, 11) is 14.8. The van der Waals surface area contributed by atoms with E-state index in [1.165, 1.54) is 162 Å². The zero-order chi connectivity index (χ0) is 67.9. The number of para-hydroxylation sites is 2. The Morgan fingerprint density at radius 1 is 0.337 bits per heavy atom. The summed E-state index contributed by atoms with van der Waals surface area (Å²) >= 11 is 0. The van der Waals surface area contributed by atoms with Crippen molar-refractivity contribution in [2.24, 2.45) is 49.3 Å². The van der Waals surface area contributed by atoms with E-state index in [4.69, 9.17) is 0 Å². The van der Waals surface area contributed by atoms with Crippen molar-refractivity contribution in [3.05, 3.63) is 305 Å². The summed E-state index contributed by atoms with van der Waals surface area (Å²) in [5.74, 6) is 1.00. The highest BCUT2D eigenvalue weighted by Gasteiger charge is 2.24. The van der Waals surface area contributed by atoms with Gasteiger partial charge in [-0.15, -0.1) is 0 Å². The first-order chi connectivity index (χ1) is 47.4. The van der Waals surface area contributed by atoms with Gasteiger partial charge in [-0.2, -0.15) is 0 Å². The highest BCUT2D eigenvalue weighted by molar-refractivity contribution is 5.97. The van der Waals surface area contributed by atoms with Crippen LogP contribution in [0.4, 0.5) is 0 Å². The molecule has 98 heavy (non-hydrogen) atoms. The van der Waals surface area contributed by atoms with Gasteiger partial charge >= 0.3 is 0 Å². The van der Waals surface area contributed by atoms with Crippen LogP contribution in [0, 0.1) is 48.5 Å². The Balaban J connectivity index is 0.0000000933. The van der Waals surface area contributed by atoms with Crippen molar-refractivity contribution < 1.29 is 0 Å². The molecule has 12 nitrogen and oxygen atoms in total. The van der Waals surface area contributed by atoms with Gasteiger partial charge in [0.2, 0.25) is 5.78 Å². The molecule has 0 aliphatic heterocycles. The normalized spacial score (nSPS) is 12.1. The molecule has 0 radical (unpaired) electrons. The van der Waals surface area contributed by atoms with Crippen molar-refractivity contribution in [3.63, 3.8) is 0 Å². The van der Waals surface area contributed by atoms with Crippen molar-refractivity contribution in [1.82, 2.24) is 54.6 Å². The number of aromatic nitrogens is 12. The van der Waals surface area contributed by atoms with Crippen LogP contribution < -0.4 is 0 Å². The molecule has 3 aliphatic rings. The van der Waals surface area contributed by atoms with Crippen LogP contribution in [-0.2, 0) is 68.6 Å². The fourth-order valence-electron chi connectivity index (χ4n) is 15.1. The summed E-state index contributed by atoms with van der Waals surface area (Å²) in [6.07, 6.45) is 18.3. The first-order valence-electron chi connectivity index (χ1n) is 34.0. The molecule has 12 heteroatoms. The molecule has 490 valence electrons. The SMILES string of the molecule is Cc1c2c(cn1C)-c1ccccc1C2.Cc1cc2c(cc3ccccn32)n1C.Cc1cc2c(cn3ccccc23)n1C.Cc1cc2c(n1C)-c1ccccc1C2.Cc1cc2c(n1C)Cc1ccccc1-2.Cc1cc2cn3ccccc3c2n1C.Cc1cn2c3ccccc3nc2n1C. The average molecular weight is 1290 g/mol. The van der Waals surface area contributed by atoms with Gasteiger partial charge in [0.05, 0.1) is 49.8 Å². The van der Waals surface area contributed by atoms with E-state index < -0.39 is 0 Å². The molecule has 0 N–H and O–H groups in total. The molecule has 0 saturated carbocycles. The molecule has 0 atom stereocenters. The van der Waals surface area contributed by atoms with E-state index in [1.54, 1.807) is 0 Å². The number of imidazole rings is 2. The lowest BCUT2D eigenvalue weighted by Gasteiger charge is -2.04. The molecule has 14 heterocycles. The third kappa shape index (κ3) is 10.8. The second-order valence-electron chi connectivity index (χ2n) is 27.0. The molecule has 0 unspecified atom stereocenters. The minimum Gasteiger partial charge on any atom is -0.354 e. The minimum absolute atomic E-state index is 1.00. The van der Waals surface area contributed by atoms with Crippen LogP contribution in [-0.4, -0.2) is 54.6 Å². The second-order valence-corrected chi connectivity index (χ2v) is 27.0. The molecular formula is C86H86N12. The quantitative estimate of drug-likeness (QED) is 0.149. The average Bonchev–Trinajstić information content (AvgIpc) is 1.68. The smallest absolute Gasteiger partial charge is 0.214 e. The van der Waals surface area contributed by atoms with E-state index in [-0.39, 0.29) is 0 Å². The molecule has 0 amide bonds. The number of nitrogens with zero attached hydrogens (tertiary/aromatic N) is 12. The Morgan fingerprint density at radius 2 is 0.908 bits per heavy atom. The summed E-state index contributed by atoms with van der Waals surface area (Å²) in [5.41, 5.74) is 37.9. The summed E-state index contributed by atoms with van der Waals surface area (Å²) in [6.45, 7) is 15.0. The number of rotatable bonds is 0. The lowest BCUT2D eigenvalue weighted by Crippen LogP contribution is -1.96. The number of benzene rings is 4. The molecule has 3 aliphatic carbocycles. The van der Waals surface area contributed by atoms with E-state index in [9.17, 15) is 0 Å². The second kappa shape index (κ2) is 25.0. The summed E-state index contributed by atoms with van der Waals surface area (Å²) in [4.78, 5) is 4.56. The van der Waals surface area contributed by atoms with Crippen LogP contribution in [0.25, 0.3) is 99.7 Å². The number of hydrogen-bond donors (Lipinski definition) is 0. The highest BCUT2D eigenvalue weighted by atomic mass is 15.2. The van der Waals surface area contributed by atoms with Gasteiger partial charge in [-0.3, -0.25) is 4.40 Å². The van der Waals surface area contributed by atoms with Crippen molar-refractivity contribution >= 4 is 66.2 Å². The molecule has 0 saturated heterocycles. The van der Waals surface area contributed by atoms with E-state index in [0.29, 0.717) is 0 Å². The lowest BCUT2D eigenvalue weighted by molar-refractivity contribution is 0.826. The number of aryl methyl sites for hydroxylation is 11. The topological polar surface area (TPSA) is 65.0 Å². The number of pyridine rings is 3. The third-order valence-electron chi connectivity index (χ3n) is 21.3. The van der Waals surface area contributed by atoms with Gasteiger partial charge in [0.15, 0.2) is 0 Å². The van der Waals surface area contributed by atoms with Crippen molar-refractivity contribution in [1.29, 1.82) is 0 Å². The highest BCUT2D eigenvalue weighted by Crippen LogP contribution is 2.41. The summed E-state index contributed by atoms with van der Waals surface area (Å²) < 4.78 is 24.3. The maximum atomic E-state index is 4.56. The van der Waals surface area contributed by atoms with Gasteiger partial charge < -0.3 is 45.2 Å². The van der Waals surface area contributed by atoms with E-state index in [2.05, 4.69) is 359 Å².